The van der Waals surface area contributed by atoms with Gasteiger partial charge in [0, 0.05) is 35.5 Å². The van der Waals surface area contributed by atoms with Gasteiger partial charge in [0.15, 0.2) is 0 Å². The molecule has 2 N–H and O–H groups in total. The van der Waals surface area contributed by atoms with Gasteiger partial charge in [-0.1, -0.05) is 94.8 Å². The number of aromatic hydroxyl groups is 2. The first-order chi connectivity index (χ1) is 16.7. The van der Waals surface area contributed by atoms with Crippen LogP contribution in [0.15, 0.2) is 71.7 Å². The van der Waals surface area contributed by atoms with E-state index in [0.29, 0.717) is 24.6 Å². The third-order valence-electron chi connectivity index (χ3n) is 6.62. The second-order valence-electron chi connectivity index (χ2n) is 10.4. The molecule has 0 fully saturated rings. The van der Waals surface area contributed by atoms with E-state index in [1.807, 2.05) is 66.7 Å². The van der Waals surface area contributed by atoms with Crippen molar-refractivity contribution >= 4 is 6.21 Å². The van der Waals surface area contributed by atoms with Crippen LogP contribution in [-0.4, -0.2) is 41.0 Å². The number of rotatable bonds is 10. The van der Waals surface area contributed by atoms with E-state index in [2.05, 4.69) is 39.6 Å². The average molecular weight is 473 g/mol. The average Bonchev–Trinajstić information content (AvgIpc) is 2.83. The lowest BCUT2D eigenvalue weighted by atomic mass is 9.85. The molecular formula is C31H40N2O2. The topological polar surface area (TPSA) is 56.1 Å². The molecule has 0 saturated carbocycles. The van der Waals surface area contributed by atoms with Crippen LogP contribution in [0.2, 0.25) is 0 Å². The summed E-state index contributed by atoms with van der Waals surface area (Å²) in [6, 6.07) is 22.0. The Morgan fingerprint density at radius 3 is 2.26 bits per heavy atom. The van der Waals surface area contributed by atoms with Gasteiger partial charge >= 0.3 is 0 Å². The van der Waals surface area contributed by atoms with Crippen LogP contribution in [0.1, 0.15) is 57.2 Å². The molecule has 1 atom stereocenters. The lowest BCUT2D eigenvalue weighted by Gasteiger charge is -2.37. The van der Waals surface area contributed by atoms with Crippen molar-refractivity contribution in [2.24, 2.45) is 10.4 Å². The Kier molecular flexibility index (Phi) is 9.11. The molecule has 0 aliphatic rings. The van der Waals surface area contributed by atoms with Crippen LogP contribution in [0.5, 0.6) is 11.5 Å². The Morgan fingerprint density at radius 1 is 0.886 bits per heavy atom. The van der Waals surface area contributed by atoms with Crippen molar-refractivity contribution < 1.29 is 10.2 Å². The highest BCUT2D eigenvalue weighted by molar-refractivity contribution is 5.84. The number of aliphatic imine (C=N–C) groups is 1. The predicted molar refractivity (Wildman–Crippen MR) is 147 cm³/mol. The molecule has 186 valence electrons. The van der Waals surface area contributed by atoms with Gasteiger partial charge in [-0.05, 0) is 42.5 Å². The molecule has 0 heterocycles. The van der Waals surface area contributed by atoms with Crippen LogP contribution in [-0.2, 0) is 13.0 Å². The lowest BCUT2D eigenvalue weighted by molar-refractivity contribution is 0.125. The second-order valence-corrected chi connectivity index (χ2v) is 10.4. The number of benzene rings is 3. The van der Waals surface area contributed by atoms with Gasteiger partial charge in [-0.25, -0.2) is 0 Å². The Morgan fingerprint density at radius 2 is 1.57 bits per heavy atom. The molecule has 3 rings (SSSR count). The molecule has 3 aromatic carbocycles. The maximum absolute atomic E-state index is 11.0. The van der Waals surface area contributed by atoms with Crippen LogP contribution >= 0.6 is 0 Å². The number of hydrogen-bond acceptors (Lipinski definition) is 4. The monoisotopic (exact) mass is 472 g/mol. The van der Waals surface area contributed by atoms with Gasteiger partial charge in [0.2, 0.25) is 0 Å². The highest BCUT2D eigenvalue weighted by Crippen LogP contribution is 2.34. The van der Waals surface area contributed by atoms with E-state index in [0.717, 1.165) is 47.1 Å². The van der Waals surface area contributed by atoms with Crippen molar-refractivity contribution in [3.8, 4) is 22.6 Å². The quantitative estimate of drug-likeness (QED) is 0.310. The fourth-order valence-electron chi connectivity index (χ4n) is 4.56. The number of aryl methyl sites for hydroxylation is 1. The van der Waals surface area contributed by atoms with Gasteiger partial charge in [0.25, 0.3) is 0 Å². The first kappa shape index (κ1) is 26.5. The maximum atomic E-state index is 11.0. The van der Waals surface area contributed by atoms with E-state index in [-0.39, 0.29) is 11.5 Å². The molecule has 1 unspecified atom stereocenters. The molecule has 35 heavy (non-hydrogen) atoms. The number of hydrogen-bond donors (Lipinski definition) is 2. The molecule has 0 aliphatic carbocycles. The number of likely N-dealkylation sites (N-methyl/N-ethyl adjacent to an activating group) is 1. The Labute approximate surface area is 211 Å². The molecule has 0 amide bonds. The highest BCUT2D eigenvalue weighted by atomic mass is 16.3. The van der Waals surface area contributed by atoms with Crippen LogP contribution in [0.4, 0.5) is 0 Å². The fraction of sp³-hybridized carbons (Fsp3) is 0.387. The van der Waals surface area contributed by atoms with Gasteiger partial charge in [-0.3, -0.25) is 9.89 Å². The third kappa shape index (κ3) is 6.95. The normalized spacial score (nSPS) is 13.0. The number of para-hydroxylation sites is 2. The van der Waals surface area contributed by atoms with E-state index in [9.17, 15) is 10.2 Å². The van der Waals surface area contributed by atoms with E-state index in [1.54, 1.807) is 6.21 Å². The fourth-order valence-corrected chi connectivity index (χ4v) is 4.56. The third-order valence-corrected chi connectivity index (χ3v) is 6.62. The Balaban J connectivity index is 1.77. The van der Waals surface area contributed by atoms with Crippen molar-refractivity contribution in [1.29, 1.82) is 0 Å². The van der Waals surface area contributed by atoms with Crippen molar-refractivity contribution in [1.82, 2.24) is 4.90 Å². The lowest BCUT2D eigenvalue weighted by Crippen LogP contribution is -2.43. The summed E-state index contributed by atoms with van der Waals surface area (Å²) in [6.07, 6.45) is 4.83. The van der Waals surface area contributed by atoms with Gasteiger partial charge in [-0.2, -0.15) is 0 Å². The van der Waals surface area contributed by atoms with Crippen molar-refractivity contribution in [2.45, 2.75) is 59.5 Å². The summed E-state index contributed by atoms with van der Waals surface area (Å²) in [5, 5.41) is 21.7. The molecule has 4 heteroatoms. The van der Waals surface area contributed by atoms with Crippen LogP contribution < -0.4 is 0 Å². The molecule has 0 radical (unpaired) electrons. The molecule has 0 aromatic heterocycles. The van der Waals surface area contributed by atoms with Gasteiger partial charge < -0.3 is 10.2 Å². The van der Waals surface area contributed by atoms with Crippen LogP contribution in [0.25, 0.3) is 11.1 Å². The zero-order valence-electron chi connectivity index (χ0n) is 21.8. The smallest absolute Gasteiger partial charge is 0.127 e. The largest absolute Gasteiger partial charge is 0.507 e. The number of phenolic OH excluding ortho intramolecular Hbond substituents is 2. The first-order valence-electron chi connectivity index (χ1n) is 12.6. The number of nitrogens with zero attached hydrogens (tertiary/aromatic N) is 2. The van der Waals surface area contributed by atoms with Crippen molar-refractivity contribution in [3.63, 3.8) is 0 Å². The Bertz CT molecular complexity index is 1120. The minimum atomic E-state index is -0.0240. The Hall–Kier alpha value is -3.11. The van der Waals surface area contributed by atoms with E-state index >= 15 is 0 Å². The van der Waals surface area contributed by atoms with Gasteiger partial charge in [-0.15, -0.1) is 0 Å². The van der Waals surface area contributed by atoms with Crippen molar-refractivity contribution in [3.05, 3.63) is 83.4 Å². The molecule has 3 aromatic rings. The summed E-state index contributed by atoms with van der Waals surface area (Å²) in [6.45, 7) is 10.0. The van der Waals surface area contributed by atoms with E-state index in [1.165, 1.54) is 0 Å². The zero-order chi connectivity index (χ0) is 25.4. The molecule has 0 spiro atoms. The standard InChI is InChI=1S/C31H40N2O2/c1-6-7-13-24-16-11-17-25(29(24)34)20-32-21-28(31(2,3)4)33(5)22-26-18-12-19-27(30(26)35)23-14-9-8-10-15-23/h8-12,14-20,28,34-35H,6-7,13,21-22H2,1-5H3. The minimum Gasteiger partial charge on any atom is -0.507 e. The zero-order valence-corrected chi connectivity index (χ0v) is 21.8. The molecule has 0 bridgehead atoms. The predicted octanol–water partition coefficient (Wildman–Crippen LogP) is 7.07. The highest BCUT2D eigenvalue weighted by Gasteiger charge is 2.28. The SMILES string of the molecule is CCCCc1cccc(C=NCC(N(C)Cc2cccc(-c3ccccc3)c2O)C(C)(C)C)c1O. The molecular weight excluding hydrogens is 432 g/mol. The van der Waals surface area contributed by atoms with Gasteiger partial charge in [0.1, 0.15) is 11.5 Å². The van der Waals surface area contributed by atoms with Crippen molar-refractivity contribution in [2.75, 3.05) is 13.6 Å². The first-order valence-corrected chi connectivity index (χ1v) is 12.6. The number of unbranched alkanes of at least 4 members (excludes halogenated alkanes) is 1. The summed E-state index contributed by atoms with van der Waals surface area (Å²) in [7, 11) is 2.09. The van der Waals surface area contributed by atoms with Gasteiger partial charge in [0.05, 0.1) is 6.54 Å². The summed E-state index contributed by atoms with van der Waals surface area (Å²) in [5.41, 5.74) is 4.47. The molecule has 0 aliphatic heterocycles. The summed E-state index contributed by atoms with van der Waals surface area (Å²) < 4.78 is 0. The van der Waals surface area contributed by atoms with Crippen LogP contribution in [0.3, 0.4) is 0 Å². The summed E-state index contributed by atoms with van der Waals surface area (Å²) >= 11 is 0. The van der Waals surface area contributed by atoms with E-state index < -0.39 is 0 Å². The number of phenols is 2. The molecule has 4 nitrogen and oxygen atoms in total. The second kappa shape index (κ2) is 12.0. The molecule has 0 saturated heterocycles. The summed E-state index contributed by atoms with van der Waals surface area (Å²) in [4.78, 5) is 7.01. The van der Waals surface area contributed by atoms with Crippen LogP contribution in [0, 0.1) is 5.41 Å². The maximum Gasteiger partial charge on any atom is 0.127 e. The van der Waals surface area contributed by atoms with E-state index in [4.69, 9.17) is 4.99 Å². The summed E-state index contributed by atoms with van der Waals surface area (Å²) in [5.74, 6) is 0.670. The minimum absolute atomic E-state index is 0.0240.